The highest BCUT2D eigenvalue weighted by Crippen LogP contribution is 2.10. The van der Waals surface area contributed by atoms with E-state index in [4.69, 9.17) is 5.73 Å². The Hall–Kier alpha value is -2.31. The molecule has 0 bridgehead atoms. The highest BCUT2D eigenvalue weighted by molar-refractivity contribution is 5.93. The number of carbonyl (C=O) groups is 1. The van der Waals surface area contributed by atoms with E-state index in [1.54, 1.807) is 12.4 Å². The molecule has 0 aliphatic heterocycles. The number of nitrogen functional groups attached to an aromatic ring is 1. The smallest absolute Gasteiger partial charge is 0.269 e. The van der Waals surface area contributed by atoms with Gasteiger partial charge < -0.3 is 11.1 Å². The molecule has 16 heavy (non-hydrogen) atoms. The van der Waals surface area contributed by atoms with Gasteiger partial charge in [-0.05, 0) is 6.92 Å². The lowest BCUT2D eigenvalue weighted by Crippen LogP contribution is -2.26. The van der Waals surface area contributed by atoms with Gasteiger partial charge in [0.1, 0.15) is 11.5 Å². The fraction of sp³-hybridized carbons (Fsp3) is 0.222. The predicted molar refractivity (Wildman–Crippen MR) is 57.5 cm³/mol. The van der Waals surface area contributed by atoms with Crippen molar-refractivity contribution in [1.29, 1.82) is 0 Å². The van der Waals surface area contributed by atoms with Crippen molar-refractivity contribution < 1.29 is 4.79 Å². The summed E-state index contributed by atoms with van der Waals surface area (Å²) in [6.45, 7) is 1.86. The first kappa shape index (κ1) is 10.2. The molecule has 0 aliphatic rings. The summed E-state index contributed by atoms with van der Waals surface area (Å²) in [7, 11) is 0. The topological polar surface area (TPSA) is 112 Å². The molecule has 2 aromatic rings. The van der Waals surface area contributed by atoms with E-state index in [9.17, 15) is 4.79 Å². The molecule has 2 rings (SSSR count). The van der Waals surface area contributed by atoms with Crippen LogP contribution in [0.25, 0.3) is 0 Å². The van der Waals surface area contributed by atoms with Crippen molar-refractivity contribution in [2.75, 3.05) is 5.73 Å². The second kappa shape index (κ2) is 4.05. The third-order valence-corrected chi connectivity index (χ3v) is 2.21. The van der Waals surface area contributed by atoms with Gasteiger partial charge in [0.2, 0.25) is 0 Å². The minimum Gasteiger partial charge on any atom is -0.382 e. The van der Waals surface area contributed by atoms with Crippen molar-refractivity contribution in [1.82, 2.24) is 25.7 Å². The molecule has 0 aliphatic carbocycles. The Balaban J connectivity index is 2.03. The summed E-state index contributed by atoms with van der Waals surface area (Å²) in [6, 6.07) is 1.35. The number of carbonyl (C=O) groups excluding carboxylic acids is 1. The van der Waals surface area contributed by atoms with Crippen LogP contribution in [0, 0.1) is 0 Å². The fourth-order valence-electron chi connectivity index (χ4n) is 1.31. The van der Waals surface area contributed by atoms with Crippen LogP contribution in [-0.4, -0.2) is 26.3 Å². The molecule has 7 nitrogen and oxygen atoms in total. The molecule has 0 aromatic carbocycles. The van der Waals surface area contributed by atoms with E-state index in [1.807, 2.05) is 6.92 Å². The monoisotopic (exact) mass is 220 g/mol. The SMILES string of the molecule is CC(NC(=O)c1cc(N)n[nH]1)c1cn[nH]c1. The minimum absolute atomic E-state index is 0.129. The lowest BCUT2D eigenvalue weighted by molar-refractivity contribution is 0.0935. The zero-order chi connectivity index (χ0) is 11.5. The molecule has 0 saturated carbocycles. The third kappa shape index (κ3) is 2.02. The van der Waals surface area contributed by atoms with E-state index in [2.05, 4.69) is 25.7 Å². The van der Waals surface area contributed by atoms with Gasteiger partial charge >= 0.3 is 0 Å². The van der Waals surface area contributed by atoms with Gasteiger partial charge in [0, 0.05) is 17.8 Å². The molecule has 5 N–H and O–H groups in total. The number of hydrogen-bond donors (Lipinski definition) is 4. The predicted octanol–water partition coefficient (Wildman–Crippen LogP) is 0.206. The second-order valence-corrected chi connectivity index (χ2v) is 3.43. The van der Waals surface area contributed by atoms with Gasteiger partial charge in [-0.2, -0.15) is 10.2 Å². The number of anilines is 1. The summed E-state index contributed by atoms with van der Waals surface area (Å²) in [5.74, 6) is 0.0408. The molecule has 0 spiro atoms. The van der Waals surface area contributed by atoms with Crippen molar-refractivity contribution in [2.24, 2.45) is 0 Å². The van der Waals surface area contributed by atoms with Crippen LogP contribution in [0.1, 0.15) is 29.0 Å². The van der Waals surface area contributed by atoms with Crippen LogP contribution >= 0.6 is 0 Å². The summed E-state index contributed by atoms with van der Waals surface area (Å²) in [5.41, 5.74) is 6.65. The molecule has 1 amide bonds. The third-order valence-electron chi connectivity index (χ3n) is 2.21. The lowest BCUT2D eigenvalue weighted by atomic mass is 10.2. The van der Waals surface area contributed by atoms with E-state index in [1.165, 1.54) is 6.07 Å². The Bertz CT molecular complexity index is 474. The van der Waals surface area contributed by atoms with E-state index in [-0.39, 0.29) is 11.9 Å². The Morgan fingerprint density at radius 3 is 3.00 bits per heavy atom. The summed E-state index contributed by atoms with van der Waals surface area (Å²) in [5, 5.41) is 15.5. The van der Waals surface area contributed by atoms with Crippen molar-refractivity contribution >= 4 is 11.7 Å². The number of H-pyrrole nitrogens is 2. The number of aromatic amines is 2. The average molecular weight is 220 g/mol. The Kier molecular flexibility index (Phi) is 2.59. The van der Waals surface area contributed by atoms with Gasteiger partial charge in [-0.15, -0.1) is 0 Å². The standard InChI is InChI=1S/C9H12N6O/c1-5(6-3-11-12-4-6)13-9(16)7-2-8(10)15-14-7/h2-5H,1H3,(H,11,12)(H,13,16)(H3,10,14,15). The maximum absolute atomic E-state index is 11.7. The van der Waals surface area contributed by atoms with Crippen LogP contribution < -0.4 is 11.1 Å². The first-order chi connectivity index (χ1) is 7.66. The lowest BCUT2D eigenvalue weighted by Gasteiger charge is -2.10. The first-order valence-corrected chi connectivity index (χ1v) is 4.77. The van der Waals surface area contributed by atoms with E-state index >= 15 is 0 Å². The number of hydrogen-bond acceptors (Lipinski definition) is 4. The molecule has 2 heterocycles. The van der Waals surface area contributed by atoms with Crippen molar-refractivity contribution in [2.45, 2.75) is 13.0 Å². The van der Waals surface area contributed by atoms with Gasteiger partial charge in [0.05, 0.1) is 12.2 Å². The molecule has 0 fully saturated rings. The number of nitrogens with one attached hydrogen (secondary N) is 3. The maximum Gasteiger partial charge on any atom is 0.269 e. The van der Waals surface area contributed by atoms with Gasteiger partial charge in [0.15, 0.2) is 0 Å². The molecule has 1 unspecified atom stereocenters. The van der Waals surface area contributed by atoms with Crippen LogP contribution in [0.5, 0.6) is 0 Å². The minimum atomic E-state index is -0.252. The molecule has 2 aromatic heterocycles. The average Bonchev–Trinajstić information content (AvgIpc) is 2.87. The maximum atomic E-state index is 11.7. The van der Waals surface area contributed by atoms with Crippen LogP contribution in [0.3, 0.4) is 0 Å². The van der Waals surface area contributed by atoms with Crippen LogP contribution in [0.15, 0.2) is 18.5 Å². The van der Waals surface area contributed by atoms with Gasteiger partial charge in [-0.1, -0.05) is 0 Å². The van der Waals surface area contributed by atoms with Gasteiger partial charge in [0.25, 0.3) is 5.91 Å². The number of nitrogens with zero attached hydrogens (tertiary/aromatic N) is 2. The number of nitrogens with two attached hydrogens (primary N) is 1. The Labute approximate surface area is 91.4 Å². The molecule has 0 radical (unpaired) electrons. The van der Waals surface area contributed by atoms with Crippen molar-refractivity contribution in [3.8, 4) is 0 Å². The molecule has 7 heteroatoms. The molecule has 84 valence electrons. The van der Waals surface area contributed by atoms with Gasteiger partial charge in [-0.25, -0.2) is 0 Å². The fourth-order valence-corrected chi connectivity index (χ4v) is 1.31. The van der Waals surface area contributed by atoms with Crippen LogP contribution in [0.2, 0.25) is 0 Å². The van der Waals surface area contributed by atoms with E-state index < -0.39 is 0 Å². The van der Waals surface area contributed by atoms with Crippen molar-refractivity contribution in [3.63, 3.8) is 0 Å². The summed E-state index contributed by atoms with van der Waals surface area (Å²) in [4.78, 5) is 11.7. The Morgan fingerprint density at radius 1 is 1.62 bits per heavy atom. The number of aromatic nitrogens is 4. The Morgan fingerprint density at radius 2 is 2.44 bits per heavy atom. The van der Waals surface area contributed by atoms with Crippen molar-refractivity contribution in [3.05, 3.63) is 29.7 Å². The zero-order valence-electron chi connectivity index (χ0n) is 8.69. The zero-order valence-corrected chi connectivity index (χ0v) is 8.69. The quantitative estimate of drug-likeness (QED) is 0.592. The largest absolute Gasteiger partial charge is 0.382 e. The van der Waals surface area contributed by atoms with Gasteiger partial charge in [-0.3, -0.25) is 15.0 Å². The molecular formula is C9H12N6O. The molecule has 1 atom stereocenters. The number of rotatable bonds is 3. The van der Waals surface area contributed by atoms with Crippen LogP contribution in [0.4, 0.5) is 5.82 Å². The van der Waals surface area contributed by atoms with E-state index in [0.29, 0.717) is 11.5 Å². The van der Waals surface area contributed by atoms with E-state index in [0.717, 1.165) is 5.56 Å². The first-order valence-electron chi connectivity index (χ1n) is 4.77. The molecule has 0 saturated heterocycles. The highest BCUT2D eigenvalue weighted by Gasteiger charge is 2.13. The summed E-state index contributed by atoms with van der Waals surface area (Å²) in [6.07, 6.45) is 3.39. The second-order valence-electron chi connectivity index (χ2n) is 3.43. The summed E-state index contributed by atoms with van der Waals surface area (Å²) >= 11 is 0. The number of amides is 1. The molecular weight excluding hydrogens is 208 g/mol. The normalized spacial score (nSPS) is 12.3. The van der Waals surface area contributed by atoms with Crippen LogP contribution in [-0.2, 0) is 0 Å². The highest BCUT2D eigenvalue weighted by atomic mass is 16.2. The summed E-state index contributed by atoms with van der Waals surface area (Å²) < 4.78 is 0.